The van der Waals surface area contributed by atoms with Crippen molar-refractivity contribution in [2.75, 3.05) is 4.90 Å². The Morgan fingerprint density at radius 2 is 0.697 bits per heavy atom. The third-order valence-corrected chi connectivity index (χ3v) is 13.6. The first-order chi connectivity index (χ1) is 32.7. The molecule has 0 unspecified atom stereocenters. The average Bonchev–Trinajstić information content (AvgIpc) is 3.71. The van der Waals surface area contributed by atoms with E-state index in [1.165, 1.54) is 83.1 Å². The highest BCUT2D eigenvalue weighted by Gasteiger charge is 2.47. The predicted molar refractivity (Wildman–Crippen MR) is 278 cm³/mol. The summed E-state index contributed by atoms with van der Waals surface area (Å²) >= 11 is 0. The molecule has 310 valence electrons. The number of fused-ring (bicyclic) bond motifs is 4. The summed E-state index contributed by atoms with van der Waals surface area (Å²) in [5.74, 6) is 0. The summed E-state index contributed by atoms with van der Waals surface area (Å²) in [6.07, 6.45) is 0. The monoisotopic (exact) mass is 839 g/mol. The molecule has 11 aromatic carbocycles. The zero-order chi connectivity index (χ0) is 43.9. The topological polar surface area (TPSA) is 3.24 Å². The molecule has 1 nitrogen and oxygen atoms in total. The number of hydrogen-bond acceptors (Lipinski definition) is 1. The van der Waals surface area contributed by atoms with E-state index in [2.05, 4.69) is 278 Å². The SMILES string of the molecule is c1ccc(-c2ccc(-c3cccc(N(c4ccc(-c5ccc(-c6ccc7ccccc7c6)cc5)cc4)c4cccc5c4-c4ccccc4C5(c4ccccc4)c4ccccc4)c3)cc2)cc1. The fourth-order valence-electron chi connectivity index (χ4n) is 10.4. The molecule has 0 N–H and O–H groups in total. The first-order valence-electron chi connectivity index (χ1n) is 22.8. The highest BCUT2D eigenvalue weighted by molar-refractivity contribution is 5.98. The molecule has 66 heavy (non-hydrogen) atoms. The molecule has 0 aliphatic heterocycles. The Morgan fingerprint density at radius 3 is 1.33 bits per heavy atom. The molecular formula is C65H45N. The van der Waals surface area contributed by atoms with Crippen molar-refractivity contribution in [3.05, 3.63) is 295 Å². The zero-order valence-electron chi connectivity index (χ0n) is 36.4. The largest absolute Gasteiger partial charge is 0.310 e. The van der Waals surface area contributed by atoms with Crippen molar-refractivity contribution in [2.24, 2.45) is 0 Å². The standard InChI is InChI=1S/C65H45N/c1-4-16-46(17-5-1)48-30-34-51(35-31-48)54-20-14-25-59(45-54)66(58-42-40-50(41-43-58)49-32-36-52(37-33-49)55-39-38-47-18-10-11-19-53(47)44-55)63-29-15-28-62-64(63)60-26-12-13-27-61(60)65(62,56-21-6-2-7-22-56)57-23-8-3-9-24-57/h1-45H. The Morgan fingerprint density at radius 1 is 0.258 bits per heavy atom. The maximum absolute atomic E-state index is 2.47. The summed E-state index contributed by atoms with van der Waals surface area (Å²) in [7, 11) is 0. The number of nitrogens with zero attached hydrogens (tertiary/aromatic N) is 1. The van der Waals surface area contributed by atoms with Crippen LogP contribution in [0.2, 0.25) is 0 Å². The normalized spacial score (nSPS) is 12.4. The minimum Gasteiger partial charge on any atom is -0.310 e. The maximum Gasteiger partial charge on any atom is 0.0714 e. The van der Waals surface area contributed by atoms with E-state index in [1.807, 2.05) is 0 Å². The van der Waals surface area contributed by atoms with E-state index >= 15 is 0 Å². The second kappa shape index (κ2) is 16.6. The smallest absolute Gasteiger partial charge is 0.0714 e. The van der Waals surface area contributed by atoms with Gasteiger partial charge >= 0.3 is 0 Å². The van der Waals surface area contributed by atoms with Crippen LogP contribution in [0, 0.1) is 0 Å². The van der Waals surface area contributed by atoms with E-state index in [0.29, 0.717) is 0 Å². The van der Waals surface area contributed by atoms with Crippen LogP contribution in [-0.2, 0) is 5.41 Å². The van der Waals surface area contributed by atoms with E-state index in [4.69, 9.17) is 0 Å². The molecule has 11 aromatic rings. The van der Waals surface area contributed by atoms with Crippen molar-refractivity contribution in [3.8, 4) is 55.6 Å². The number of benzene rings is 11. The molecule has 1 aliphatic carbocycles. The number of anilines is 3. The zero-order valence-corrected chi connectivity index (χ0v) is 36.4. The third kappa shape index (κ3) is 6.73. The van der Waals surface area contributed by atoms with Crippen molar-refractivity contribution in [1.82, 2.24) is 0 Å². The lowest BCUT2D eigenvalue weighted by Crippen LogP contribution is -2.28. The Balaban J connectivity index is 1.00. The van der Waals surface area contributed by atoms with Crippen LogP contribution in [0.15, 0.2) is 273 Å². The van der Waals surface area contributed by atoms with Crippen LogP contribution in [0.5, 0.6) is 0 Å². The molecule has 1 aliphatic rings. The lowest BCUT2D eigenvalue weighted by Gasteiger charge is -2.34. The van der Waals surface area contributed by atoms with E-state index in [1.54, 1.807) is 0 Å². The summed E-state index contributed by atoms with van der Waals surface area (Å²) in [5, 5.41) is 2.51. The van der Waals surface area contributed by atoms with Gasteiger partial charge < -0.3 is 4.90 Å². The van der Waals surface area contributed by atoms with Crippen LogP contribution < -0.4 is 4.90 Å². The molecule has 0 fully saturated rings. The van der Waals surface area contributed by atoms with E-state index < -0.39 is 5.41 Å². The Hall–Kier alpha value is -8.52. The molecule has 1 heteroatoms. The Labute approximate surface area is 387 Å². The lowest BCUT2D eigenvalue weighted by atomic mass is 9.68. The van der Waals surface area contributed by atoms with Crippen molar-refractivity contribution in [3.63, 3.8) is 0 Å². The fraction of sp³-hybridized carbons (Fsp3) is 0.0154. The van der Waals surface area contributed by atoms with Gasteiger partial charge in [-0.2, -0.15) is 0 Å². The third-order valence-electron chi connectivity index (χ3n) is 13.6. The van der Waals surface area contributed by atoms with Crippen molar-refractivity contribution >= 4 is 27.8 Å². The van der Waals surface area contributed by atoms with Gasteiger partial charge in [-0.3, -0.25) is 0 Å². The first kappa shape index (κ1) is 39.1. The molecule has 0 atom stereocenters. The van der Waals surface area contributed by atoms with Gasteiger partial charge in [0.05, 0.1) is 11.1 Å². The van der Waals surface area contributed by atoms with Crippen LogP contribution in [-0.4, -0.2) is 0 Å². The summed E-state index contributed by atoms with van der Waals surface area (Å²) in [4.78, 5) is 2.47. The highest BCUT2D eigenvalue weighted by atomic mass is 15.1. The van der Waals surface area contributed by atoms with Gasteiger partial charge in [-0.1, -0.05) is 237 Å². The first-order valence-corrected chi connectivity index (χ1v) is 22.8. The van der Waals surface area contributed by atoms with Crippen molar-refractivity contribution in [1.29, 1.82) is 0 Å². The van der Waals surface area contributed by atoms with Gasteiger partial charge in [-0.05, 0) is 119 Å². The van der Waals surface area contributed by atoms with Crippen LogP contribution in [0.3, 0.4) is 0 Å². The van der Waals surface area contributed by atoms with E-state index in [-0.39, 0.29) is 0 Å². The molecular weight excluding hydrogens is 795 g/mol. The minimum atomic E-state index is -0.513. The van der Waals surface area contributed by atoms with Gasteiger partial charge in [0.15, 0.2) is 0 Å². The Kier molecular flexibility index (Phi) is 9.81. The van der Waals surface area contributed by atoms with Crippen molar-refractivity contribution in [2.45, 2.75) is 5.41 Å². The maximum atomic E-state index is 2.47. The van der Waals surface area contributed by atoms with Gasteiger partial charge in [0, 0.05) is 16.9 Å². The average molecular weight is 840 g/mol. The second-order valence-electron chi connectivity index (χ2n) is 17.2. The molecule has 0 bridgehead atoms. The second-order valence-corrected chi connectivity index (χ2v) is 17.2. The molecule has 0 heterocycles. The highest BCUT2D eigenvalue weighted by Crippen LogP contribution is 2.59. The van der Waals surface area contributed by atoms with Gasteiger partial charge in [-0.25, -0.2) is 0 Å². The van der Waals surface area contributed by atoms with E-state index in [0.717, 1.165) is 22.6 Å². The fourth-order valence-corrected chi connectivity index (χ4v) is 10.4. The van der Waals surface area contributed by atoms with Crippen LogP contribution in [0.1, 0.15) is 22.3 Å². The van der Waals surface area contributed by atoms with Gasteiger partial charge in [0.1, 0.15) is 0 Å². The van der Waals surface area contributed by atoms with Crippen LogP contribution in [0.4, 0.5) is 17.1 Å². The molecule has 0 amide bonds. The lowest BCUT2D eigenvalue weighted by molar-refractivity contribution is 0.768. The quantitative estimate of drug-likeness (QED) is 0.140. The van der Waals surface area contributed by atoms with Gasteiger partial charge in [0.25, 0.3) is 0 Å². The minimum absolute atomic E-state index is 0.513. The van der Waals surface area contributed by atoms with Crippen molar-refractivity contribution < 1.29 is 0 Å². The summed E-state index contributed by atoms with van der Waals surface area (Å²) in [6, 6.07) is 100. The van der Waals surface area contributed by atoms with Gasteiger partial charge in [-0.15, -0.1) is 0 Å². The van der Waals surface area contributed by atoms with Crippen LogP contribution >= 0.6 is 0 Å². The predicted octanol–water partition coefficient (Wildman–Crippen LogP) is 17.3. The molecule has 0 saturated heterocycles. The molecule has 0 radical (unpaired) electrons. The number of hydrogen-bond donors (Lipinski definition) is 0. The summed E-state index contributed by atoms with van der Waals surface area (Å²) in [6.45, 7) is 0. The molecule has 12 rings (SSSR count). The summed E-state index contributed by atoms with van der Waals surface area (Å²) in [5.41, 5.74) is 19.9. The molecule has 0 spiro atoms. The van der Waals surface area contributed by atoms with Gasteiger partial charge in [0.2, 0.25) is 0 Å². The number of rotatable bonds is 9. The molecule has 0 aromatic heterocycles. The Bertz CT molecular complexity index is 3440. The molecule has 0 saturated carbocycles. The van der Waals surface area contributed by atoms with E-state index in [9.17, 15) is 0 Å². The van der Waals surface area contributed by atoms with Crippen LogP contribution in [0.25, 0.3) is 66.4 Å². The summed E-state index contributed by atoms with van der Waals surface area (Å²) < 4.78 is 0.